The molecule has 4 atom stereocenters. The number of thiol groups is 1. The number of hydrogen-bond acceptors (Lipinski definition) is 6. The molecule has 0 aliphatic carbocycles. The zero-order chi connectivity index (χ0) is 25.1. The summed E-state index contributed by atoms with van der Waals surface area (Å²) in [5.74, 6) is -3.10. The highest BCUT2D eigenvalue weighted by molar-refractivity contribution is 7.80. The number of carbonyl (C=O) groups excluding carboxylic acids is 3. The Bertz CT molecular complexity index is 803. The number of carboxylic acid groups (broad SMARTS) is 1. The molecule has 0 fully saturated rings. The molecule has 0 aliphatic rings. The Morgan fingerprint density at radius 1 is 0.909 bits per heavy atom. The number of aliphatic carboxylic acids is 1. The molecule has 9 nitrogen and oxygen atoms in total. The summed E-state index contributed by atoms with van der Waals surface area (Å²) in [6.07, 6.45) is 0.663. The number of benzene rings is 1. The summed E-state index contributed by atoms with van der Waals surface area (Å²) >= 11 is 3.95. The molecule has 4 unspecified atom stereocenters. The molecule has 0 heterocycles. The van der Waals surface area contributed by atoms with E-state index in [2.05, 4.69) is 28.6 Å². The predicted molar refractivity (Wildman–Crippen MR) is 130 cm³/mol. The highest BCUT2D eigenvalue weighted by Gasteiger charge is 2.31. The SMILES string of the molecule is CC(C)CC(N)C(=O)NC(Cc1ccccc1)C(=O)NC(C(=O)NC(CS)C(=O)O)C(C)C. The van der Waals surface area contributed by atoms with Crippen LogP contribution in [0, 0.1) is 11.8 Å². The lowest BCUT2D eigenvalue weighted by atomic mass is 9.99. The van der Waals surface area contributed by atoms with Crippen molar-refractivity contribution in [3.63, 3.8) is 0 Å². The van der Waals surface area contributed by atoms with Crippen LogP contribution in [0.1, 0.15) is 39.7 Å². The largest absolute Gasteiger partial charge is 0.480 e. The molecule has 33 heavy (non-hydrogen) atoms. The highest BCUT2D eigenvalue weighted by atomic mass is 32.1. The Morgan fingerprint density at radius 3 is 1.97 bits per heavy atom. The maximum Gasteiger partial charge on any atom is 0.327 e. The monoisotopic (exact) mass is 480 g/mol. The quantitative estimate of drug-likeness (QED) is 0.229. The molecule has 1 rings (SSSR count). The predicted octanol–water partition coefficient (Wildman–Crippen LogP) is 0.727. The molecule has 0 aliphatic heterocycles. The van der Waals surface area contributed by atoms with Gasteiger partial charge in [-0.15, -0.1) is 0 Å². The van der Waals surface area contributed by atoms with Crippen molar-refractivity contribution < 1.29 is 24.3 Å². The Morgan fingerprint density at radius 2 is 1.48 bits per heavy atom. The minimum atomic E-state index is -1.22. The van der Waals surface area contributed by atoms with Crippen molar-refractivity contribution in [2.24, 2.45) is 17.6 Å². The number of carboxylic acids is 1. The maximum absolute atomic E-state index is 13.2. The van der Waals surface area contributed by atoms with E-state index in [0.29, 0.717) is 6.42 Å². The summed E-state index contributed by atoms with van der Waals surface area (Å²) in [6.45, 7) is 7.35. The van der Waals surface area contributed by atoms with E-state index in [4.69, 9.17) is 5.73 Å². The smallest absolute Gasteiger partial charge is 0.327 e. The molecule has 0 spiro atoms. The second-order valence-electron chi connectivity index (χ2n) is 8.80. The summed E-state index contributed by atoms with van der Waals surface area (Å²) in [6, 6.07) is 5.23. The number of nitrogens with two attached hydrogens (primary N) is 1. The molecule has 0 saturated carbocycles. The topological polar surface area (TPSA) is 151 Å². The van der Waals surface area contributed by atoms with Crippen LogP contribution in [0.2, 0.25) is 0 Å². The molecule has 0 bridgehead atoms. The number of rotatable bonds is 13. The lowest BCUT2D eigenvalue weighted by Gasteiger charge is -2.27. The van der Waals surface area contributed by atoms with Crippen molar-refractivity contribution in [2.45, 2.75) is 64.7 Å². The summed E-state index contributed by atoms with van der Waals surface area (Å²) < 4.78 is 0. The van der Waals surface area contributed by atoms with Gasteiger partial charge in [0.2, 0.25) is 17.7 Å². The summed E-state index contributed by atoms with van der Waals surface area (Å²) in [5.41, 5.74) is 6.81. The van der Waals surface area contributed by atoms with E-state index >= 15 is 0 Å². The first kappa shape index (κ1) is 28.4. The van der Waals surface area contributed by atoms with Gasteiger partial charge in [-0.25, -0.2) is 4.79 Å². The number of amides is 3. The standard InChI is InChI=1S/C23H36N4O5S/c1-13(2)10-16(24)20(28)25-17(11-15-8-6-5-7-9-15)21(29)27-19(14(3)4)22(30)26-18(12-33)23(31)32/h5-9,13-14,16-19,33H,10-12,24H2,1-4H3,(H,25,28)(H,26,30)(H,27,29)(H,31,32). The van der Waals surface area contributed by atoms with Crippen LogP contribution < -0.4 is 21.7 Å². The zero-order valence-electron chi connectivity index (χ0n) is 19.6. The van der Waals surface area contributed by atoms with E-state index in [1.54, 1.807) is 13.8 Å². The van der Waals surface area contributed by atoms with Crippen molar-refractivity contribution in [3.8, 4) is 0 Å². The van der Waals surface area contributed by atoms with E-state index in [0.717, 1.165) is 5.56 Å². The van der Waals surface area contributed by atoms with Gasteiger partial charge in [-0.3, -0.25) is 14.4 Å². The number of nitrogens with one attached hydrogen (secondary N) is 3. The fourth-order valence-electron chi connectivity index (χ4n) is 3.19. The van der Waals surface area contributed by atoms with Crippen molar-refractivity contribution in [2.75, 3.05) is 5.75 Å². The van der Waals surface area contributed by atoms with Crippen LogP contribution in [0.3, 0.4) is 0 Å². The molecule has 10 heteroatoms. The molecule has 0 radical (unpaired) electrons. The molecule has 1 aromatic carbocycles. The molecule has 3 amide bonds. The van der Waals surface area contributed by atoms with E-state index in [1.807, 2.05) is 44.2 Å². The van der Waals surface area contributed by atoms with Gasteiger partial charge in [0.05, 0.1) is 6.04 Å². The van der Waals surface area contributed by atoms with Gasteiger partial charge in [-0.05, 0) is 23.8 Å². The Hall–Kier alpha value is -2.59. The maximum atomic E-state index is 13.2. The average Bonchev–Trinajstić information content (AvgIpc) is 2.74. The van der Waals surface area contributed by atoms with Gasteiger partial charge in [-0.1, -0.05) is 58.0 Å². The first-order valence-corrected chi connectivity index (χ1v) is 11.6. The first-order valence-electron chi connectivity index (χ1n) is 11.0. The minimum Gasteiger partial charge on any atom is -0.480 e. The van der Waals surface area contributed by atoms with E-state index in [-0.39, 0.29) is 24.0 Å². The third kappa shape index (κ3) is 9.83. The molecule has 184 valence electrons. The van der Waals surface area contributed by atoms with Crippen molar-refractivity contribution >= 4 is 36.3 Å². The van der Waals surface area contributed by atoms with Crippen LogP contribution in [-0.4, -0.2) is 58.7 Å². The van der Waals surface area contributed by atoms with Gasteiger partial charge in [0.1, 0.15) is 18.1 Å². The Kier molecular flexibility index (Phi) is 11.9. The van der Waals surface area contributed by atoms with E-state index in [1.165, 1.54) is 0 Å². The lowest BCUT2D eigenvalue weighted by molar-refractivity contribution is -0.142. The van der Waals surface area contributed by atoms with Crippen LogP contribution in [-0.2, 0) is 25.6 Å². The normalized spacial score (nSPS) is 14.8. The Labute approximate surface area is 200 Å². The van der Waals surface area contributed by atoms with Gasteiger partial charge in [0, 0.05) is 12.2 Å². The summed E-state index contributed by atoms with van der Waals surface area (Å²) in [5, 5.41) is 16.9. The second-order valence-corrected chi connectivity index (χ2v) is 9.16. The summed E-state index contributed by atoms with van der Waals surface area (Å²) in [7, 11) is 0. The van der Waals surface area contributed by atoms with Gasteiger partial charge in [-0.2, -0.15) is 12.6 Å². The Balaban J connectivity index is 3.04. The van der Waals surface area contributed by atoms with Gasteiger partial charge < -0.3 is 26.8 Å². The molecular formula is C23H36N4O5S. The minimum absolute atomic E-state index is 0.0970. The first-order chi connectivity index (χ1) is 15.5. The number of hydrogen-bond donors (Lipinski definition) is 6. The van der Waals surface area contributed by atoms with Crippen LogP contribution in [0.15, 0.2) is 30.3 Å². The highest BCUT2D eigenvalue weighted by Crippen LogP contribution is 2.09. The van der Waals surface area contributed by atoms with Gasteiger partial charge in [0.15, 0.2) is 0 Å². The van der Waals surface area contributed by atoms with E-state index < -0.39 is 47.9 Å². The van der Waals surface area contributed by atoms with Gasteiger partial charge >= 0.3 is 5.97 Å². The van der Waals surface area contributed by atoms with Gasteiger partial charge in [0.25, 0.3) is 0 Å². The van der Waals surface area contributed by atoms with E-state index in [9.17, 15) is 24.3 Å². The fraction of sp³-hybridized carbons (Fsp3) is 0.565. The van der Waals surface area contributed by atoms with Crippen LogP contribution in [0.4, 0.5) is 0 Å². The van der Waals surface area contributed by atoms with Crippen molar-refractivity contribution in [1.29, 1.82) is 0 Å². The van der Waals surface area contributed by atoms with Crippen molar-refractivity contribution in [3.05, 3.63) is 35.9 Å². The third-order valence-corrected chi connectivity index (χ3v) is 5.39. The molecule has 0 aromatic heterocycles. The van der Waals surface area contributed by atoms with Crippen LogP contribution >= 0.6 is 12.6 Å². The fourth-order valence-corrected chi connectivity index (χ4v) is 3.44. The van der Waals surface area contributed by atoms with Crippen LogP contribution in [0.25, 0.3) is 0 Å². The van der Waals surface area contributed by atoms with Crippen LogP contribution in [0.5, 0.6) is 0 Å². The molecule has 0 saturated heterocycles. The van der Waals surface area contributed by atoms with Crippen molar-refractivity contribution in [1.82, 2.24) is 16.0 Å². The average molecular weight is 481 g/mol. The zero-order valence-corrected chi connectivity index (χ0v) is 20.5. The molecule has 1 aromatic rings. The third-order valence-electron chi connectivity index (χ3n) is 5.02. The number of carbonyl (C=O) groups is 4. The molecule has 6 N–H and O–H groups in total. The lowest BCUT2D eigenvalue weighted by Crippen LogP contribution is -2.59. The molecular weight excluding hydrogens is 444 g/mol. The second kappa shape index (κ2) is 13.8. The summed E-state index contributed by atoms with van der Waals surface area (Å²) in [4.78, 5) is 49.7.